The van der Waals surface area contributed by atoms with E-state index in [9.17, 15) is 0 Å². The van der Waals surface area contributed by atoms with Gasteiger partial charge in [-0.3, -0.25) is 0 Å². The van der Waals surface area contributed by atoms with Gasteiger partial charge >= 0.3 is 0 Å². The molecule has 1 atom stereocenters. The molecule has 1 unspecified atom stereocenters. The summed E-state index contributed by atoms with van der Waals surface area (Å²) in [7, 11) is 0. The van der Waals surface area contributed by atoms with Gasteiger partial charge in [0.25, 0.3) is 0 Å². The molecule has 0 aromatic heterocycles. The van der Waals surface area contributed by atoms with Crippen LogP contribution < -0.4 is 5.32 Å². The number of nitrogens with one attached hydrogen (secondary N) is 1. The van der Waals surface area contributed by atoms with Crippen molar-refractivity contribution in [2.75, 3.05) is 13.1 Å². The first-order chi connectivity index (χ1) is 8.33. The minimum absolute atomic E-state index is 0.430. The summed E-state index contributed by atoms with van der Waals surface area (Å²) in [4.78, 5) is 0. The molecule has 3 heteroatoms. The van der Waals surface area contributed by atoms with Gasteiger partial charge in [0.2, 0.25) is 0 Å². The van der Waals surface area contributed by atoms with Crippen LogP contribution in [-0.4, -0.2) is 19.2 Å². The molecule has 1 fully saturated rings. The van der Waals surface area contributed by atoms with Gasteiger partial charge in [0.05, 0.1) is 12.7 Å². The Kier molecular flexibility index (Phi) is 3.50. The van der Waals surface area contributed by atoms with Gasteiger partial charge in [-0.15, -0.1) is 0 Å². The summed E-state index contributed by atoms with van der Waals surface area (Å²) in [5.74, 6) is 0.739. The lowest BCUT2D eigenvalue weighted by Crippen LogP contribution is -2.38. The van der Waals surface area contributed by atoms with Gasteiger partial charge in [-0.05, 0) is 61.5 Å². The van der Waals surface area contributed by atoms with Crippen molar-refractivity contribution in [3.05, 3.63) is 33.8 Å². The van der Waals surface area contributed by atoms with Crippen molar-refractivity contribution in [2.45, 2.75) is 32.0 Å². The molecule has 1 N–H and O–H groups in total. The second-order valence-corrected chi connectivity index (χ2v) is 5.97. The minimum atomic E-state index is 0.430. The third kappa shape index (κ3) is 2.56. The van der Waals surface area contributed by atoms with Crippen LogP contribution >= 0.6 is 15.9 Å². The number of ether oxygens (including phenoxy) is 1. The van der Waals surface area contributed by atoms with Crippen molar-refractivity contribution in [1.29, 1.82) is 0 Å². The number of halogens is 1. The molecule has 2 aliphatic rings. The van der Waals surface area contributed by atoms with Crippen molar-refractivity contribution < 1.29 is 4.74 Å². The van der Waals surface area contributed by atoms with E-state index in [0.717, 1.165) is 32.0 Å². The average molecular weight is 296 g/mol. The molecule has 2 heterocycles. The number of piperidine rings is 1. The molecule has 0 bridgehead atoms. The highest BCUT2D eigenvalue weighted by molar-refractivity contribution is 9.10. The number of benzene rings is 1. The highest BCUT2D eigenvalue weighted by atomic mass is 79.9. The van der Waals surface area contributed by atoms with Gasteiger partial charge in [-0.25, -0.2) is 0 Å². The first-order valence-corrected chi connectivity index (χ1v) is 7.22. The number of fused-ring (bicyclic) bond motifs is 1. The zero-order valence-electron chi connectivity index (χ0n) is 9.92. The molecule has 0 saturated carbocycles. The van der Waals surface area contributed by atoms with Gasteiger partial charge < -0.3 is 10.1 Å². The predicted molar refractivity (Wildman–Crippen MR) is 72.0 cm³/mol. The first-order valence-electron chi connectivity index (χ1n) is 6.42. The van der Waals surface area contributed by atoms with Gasteiger partial charge in [0.15, 0.2) is 0 Å². The summed E-state index contributed by atoms with van der Waals surface area (Å²) >= 11 is 3.56. The van der Waals surface area contributed by atoms with Crippen molar-refractivity contribution >= 4 is 15.9 Å². The maximum atomic E-state index is 6.04. The maximum Gasteiger partial charge on any atom is 0.0723 e. The lowest BCUT2D eigenvalue weighted by atomic mass is 9.86. The van der Waals surface area contributed by atoms with E-state index in [4.69, 9.17) is 4.74 Å². The Morgan fingerprint density at radius 1 is 1.18 bits per heavy atom. The molecule has 1 saturated heterocycles. The Balaban J connectivity index is 1.75. The molecule has 0 amide bonds. The van der Waals surface area contributed by atoms with Crippen LogP contribution in [0.2, 0.25) is 0 Å². The molecule has 1 aromatic rings. The third-order valence-electron chi connectivity index (χ3n) is 3.95. The van der Waals surface area contributed by atoms with Crippen LogP contribution in [0.15, 0.2) is 22.7 Å². The second kappa shape index (κ2) is 5.09. The van der Waals surface area contributed by atoms with E-state index in [1.165, 1.54) is 28.4 Å². The molecule has 92 valence electrons. The van der Waals surface area contributed by atoms with Crippen molar-refractivity contribution in [3.63, 3.8) is 0 Å². The van der Waals surface area contributed by atoms with Crippen LogP contribution in [0.1, 0.15) is 24.0 Å². The van der Waals surface area contributed by atoms with Crippen LogP contribution in [0.4, 0.5) is 0 Å². The van der Waals surface area contributed by atoms with Gasteiger partial charge in [-0.2, -0.15) is 0 Å². The molecule has 2 aliphatic heterocycles. The number of hydrogen-bond donors (Lipinski definition) is 1. The van der Waals surface area contributed by atoms with E-state index in [0.29, 0.717) is 6.10 Å². The quantitative estimate of drug-likeness (QED) is 0.860. The zero-order valence-corrected chi connectivity index (χ0v) is 11.5. The fourth-order valence-corrected chi connectivity index (χ4v) is 3.33. The van der Waals surface area contributed by atoms with Crippen molar-refractivity contribution in [3.8, 4) is 0 Å². The number of hydrogen-bond acceptors (Lipinski definition) is 2. The van der Waals surface area contributed by atoms with Crippen LogP contribution in [0.25, 0.3) is 0 Å². The zero-order chi connectivity index (χ0) is 11.7. The molecule has 3 rings (SSSR count). The minimum Gasteiger partial charge on any atom is -0.373 e. The number of rotatable bonds is 1. The highest BCUT2D eigenvalue weighted by Gasteiger charge is 2.28. The van der Waals surface area contributed by atoms with E-state index in [1.807, 2.05) is 0 Å². The third-order valence-corrected chi connectivity index (χ3v) is 4.45. The van der Waals surface area contributed by atoms with Gasteiger partial charge in [-0.1, -0.05) is 22.0 Å². The molecular weight excluding hydrogens is 278 g/mol. The Bertz CT molecular complexity index is 401. The van der Waals surface area contributed by atoms with Crippen LogP contribution in [0.3, 0.4) is 0 Å². The van der Waals surface area contributed by atoms with Crippen LogP contribution in [-0.2, 0) is 17.8 Å². The highest BCUT2D eigenvalue weighted by Crippen LogP contribution is 2.30. The Morgan fingerprint density at radius 3 is 2.82 bits per heavy atom. The molecule has 17 heavy (non-hydrogen) atoms. The van der Waals surface area contributed by atoms with E-state index in [2.05, 4.69) is 39.4 Å². The lowest BCUT2D eigenvalue weighted by molar-refractivity contribution is -0.0182. The predicted octanol–water partition coefficient (Wildman–Crippen LogP) is 2.89. The maximum absolute atomic E-state index is 6.04. The summed E-state index contributed by atoms with van der Waals surface area (Å²) in [5.41, 5.74) is 2.83. The van der Waals surface area contributed by atoms with Crippen molar-refractivity contribution in [2.24, 2.45) is 5.92 Å². The Hall–Kier alpha value is -0.380. The normalized spacial score (nSPS) is 25.6. The smallest absolute Gasteiger partial charge is 0.0723 e. The first kappa shape index (κ1) is 11.7. The standard InChI is InChI=1S/C14H18BrNO/c15-13-2-1-11-9-17-14(8-12(11)7-13)10-3-5-16-6-4-10/h1-2,7,10,14,16H,3-6,8-9H2. The average Bonchev–Trinajstić information content (AvgIpc) is 2.39. The molecule has 0 aliphatic carbocycles. The monoisotopic (exact) mass is 295 g/mol. The van der Waals surface area contributed by atoms with Gasteiger partial charge in [0.1, 0.15) is 0 Å². The Labute approximate surface area is 111 Å². The topological polar surface area (TPSA) is 21.3 Å². The molecule has 1 aromatic carbocycles. The summed E-state index contributed by atoms with van der Waals surface area (Å²) < 4.78 is 7.22. The van der Waals surface area contributed by atoms with Crippen molar-refractivity contribution in [1.82, 2.24) is 5.32 Å². The van der Waals surface area contributed by atoms with Crippen LogP contribution in [0.5, 0.6) is 0 Å². The lowest BCUT2D eigenvalue weighted by Gasteiger charge is -2.34. The Morgan fingerprint density at radius 2 is 2.00 bits per heavy atom. The van der Waals surface area contributed by atoms with E-state index >= 15 is 0 Å². The van der Waals surface area contributed by atoms with Gasteiger partial charge in [0, 0.05) is 4.47 Å². The molecular formula is C14H18BrNO. The molecule has 0 radical (unpaired) electrons. The van der Waals surface area contributed by atoms with Crippen LogP contribution in [0, 0.1) is 5.92 Å². The molecule has 2 nitrogen and oxygen atoms in total. The SMILES string of the molecule is Brc1ccc2c(c1)CC(C1CCNCC1)OC2. The summed E-state index contributed by atoms with van der Waals surface area (Å²) in [6, 6.07) is 6.54. The molecule has 0 spiro atoms. The fourth-order valence-electron chi connectivity index (χ4n) is 2.92. The van der Waals surface area contributed by atoms with E-state index < -0.39 is 0 Å². The summed E-state index contributed by atoms with van der Waals surface area (Å²) in [6.07, 6.45) is 4.03. The summed E-state index contributed by atoms with van der Waals surface area (Å²) in [6.45, 7) is 3.09. The largest absolute Gasteiger partial charge is 0.373 e. The van der Waals surface area contributed by atoms with E-state index in [-0.39, 0.29) is 0 Å². The van der Waals surface area contributed by atoms with E-state index in [1.54, 1.807) is 0 Å². The second-order valence-electron chi connectivity index (χ2n) is 5.05. The summed E-state index contributed by atoms with van der Waals surface area (Å²) in [5, 5.41) is 3.42. The fraction of sp³-hybridized carbons (Fsp3) is 0.571.